The first kappa shape index (κ1) is 74.9. The zero-order valence-corrected chi connectivity index (χ0v) is 54.9. The Hall–Kier alpha value is -7.31. The number of likely N-dealkylation sites (N-methyl/N-ethyl adjacent to an activating group) is 7. The highest BCUT2D eigenvalue weighted by atomic mass is 35.5. The number of alkyl halides is 3. The van der Waals surface area contributed by atoms with E-state index >= 15 is 0 Å². The number of hydrogen-bond donors (Lipinski definition) is 4. The Morgan fingerprint density at radius 2 is 1.10 bits per heavy atom. The molecule has 26 heteroatoms. The molecular weight excluding hydrogens is 1170 g/mol. The van der Waals surface area contributed by atoms with E-state index < -0.39 is 150 Å². The van der Waals surface area contributed by atoms with E-state index in [0.717, 1.165) is 36.6 Å². The van der Waals surface area contributed by atoms with Gasteiger partial charge in [-0.25, -0.2) is 0 Å². The van der Waals surface area contributed by atoms with Gasteiger partial charge in [0.05, 0.1) is 25.2 Å². The van der Waals surface area contributed by atoms with Crippen LogP contribution in [-0.4, -0.2) is 216 Å². The Morgan fingerprint density at radius 1 is 0.580 bits per heavy atom. The third kappa shape index (κ3) is 21.5. The van der Waals surface area contributed by atoms with Gasteiger partial charge in [-0.15, -0.1) is 0 Å². The summed E-state index contributed by atoms with van der Waals surface area (Å²) in [4.78, 5) is 165. The highest BCUT2D eigenvalue weighted by Crippen LogP contribution is 2.30. The Bertz CT molecular complexity index is 2800. The third-order valence-corrected chi connectivity index (χ3v) is 16.2. The van der Waals surface area contributed by atoms with E-state index in [1.807, 2.05) is 13.8 Å². The van der Waals surface area contributed by atoms with Crippen LogP contribution in [0.25, 0.3) is 0 Å². The number of nitrogens with one attached hydrogen (secondary N) is 4. The van der Waals surface area contributed by atoms with Gasteiger partial charge < -0.3 is 55.6 Å². The second-order valence-corrected chi connectivity index (χ2v) is 25.2. The fraction of sp³-hybridized carbons (Fsp3) is 0.629. The summed E-state index contributed by atoms with van der Waals surface area (Å²) in [6, 6.07) is 2.41. The summed E-state index contributed by atoms with van der Waals surface area (Å²) in [6.07, 6.45) is -4.64. The van der Waals surface area contributed by atoms with Gasteiger partial charge in [0.1, 0.15) is 41.8 Å². The van der Waals surface area contributed by atoms with Crippen molar-refractivity contribution in [3.05, 3.63) is 70.2 Å². The lowest BCUT2D eigenvalue weighted by Crippen LogP contribution is -2.63. The van der Waals surface area contributed by atoms with E-state index in [-0.39, 0.29) is 50.4 Å². The second kappa shape index (κ2) is 32.8. The first-order valence-electron chi connectivity index (χ1n) is 29.6. The third-order valence-electron chi connectivity index (χ3n) is 16.0. The van der Waals surface area contributed by atoms with E-state index in [1.165, 1.54) is 92.0 Å². The molecule has 490 valence electrons. The highest BCUT2D eigenvalue weighted by Gasteiger charge is 2.42. The topological polar surface area (TPSA) is 259 Å². The van der Waals surface area contributed by atoms with Gasteiger partial charge >= 0.3 is 6.18 Å². The second-order valence-electron chi connectivity index (χ2n) is 24.8. The summed E-state index contributed by atoms with van der Waals surface area (Å²) in [5.74, 6) is -8.57. The van der Waals surface area contributed by atoms with Gasteiger partial charge in [0.25, 0.3) is 0 Å². The number of hydrogen-bond acceptors (Lipinski definition) is 11. The van der Waals surface area contributed by atoms with E-state index in [0.29, 0.717) is 22.6 Å². The van der Waals surface area contributed by atoms with Crippen LogP contribution in [0, 0.1) is 17.8 Å². The van der Waals surface area contributed by atoms with Crippen LogP contribution in [0.4, 0.5) is 13.2 Å². The molecule has 0 saturated carbocycles. The molecule has 11 amide bonds. The average molecular weight is 1260 g/mol. The maximum atomic E-state index is 14.9. The number of halogens is 4. The quantitative estimate of drug-likeness (QED) is 0.249. The van der Waals surface area contributed by atoms with Crippen molar-refractivity contribution in [2.75, 3.05) is 69.0 Å². The van der Waals surface area contributed by atoms with Crippen LogP contribution in [0.15, 0.2) is 48.5 Å². The van der Waals surface area contributed by atoms with Gasteiger partial charge in [-0.3, -0.25) is 52.7 Å². The Morgan fingerprint density at radius 3 is 1.64 bits per heavy atom. The largest absolute Gasteiger partial charge is 0.416 e. The average Bonchev–Trinajstić information content (AvgIpc) is 3.63. The fourth-order valence-electron chi connectivity index (χ4n) is 10.0. The molecule has 2 aromatic rings. The van der Waals surface area contributed by atoms with E-state index in [9.17, 15) is 65.9 Å². The summed E-state index contributed by atoms with van der Waals surface area (Å²) < 4.78 is 40.7. The van der Waals surface area contributed by atoms with Gasteiger partial charge in [-0.2, -0.15) is 13.2 Å². The minimum absolute atomic E-state index is 0.0408. The van der Waals surface area contributed by atoms with Crippen molar-refractivity contribution in [2.24, 2.45) is 17.8 Å². The van der Waals surface area contributed by atoms with Crippen molar-refractivity contribution in [3.8, 4) is 0 Å². The molecule has 1 saturated heterocycles. The van der Waals surface area contributed by atoms with Crippen LogP contribution >= 0.6 is 11.6 Å². The lowest BCUT2D eigenvalue weighted by Gasteiger charge is -2.38. The van der Waals surface area contributed by atoms with Crippen LogP contribution in [-0.2, 0) is 71.8 Å². The number of nitrogens with zero attached hydrogens (tertiary/aromatic N) is 7. The van der Waals surface area contributed by atoms with Crippen LogP contribution < -0.4 is 21.3 Å². The Balaban J connectivity index is 2.19. The minimum atomic E-state index is -4.63. The molecule has 2 aromatic carbocycles. The molecule has 1 fully saturated rings. The SMILES string of the molecule is CC[C@H](C)[C@@H]1NC(=O)[C@H](C)N(C)C(=O)C[C@@H](C)NC(=O)[C@H](CC(C)C)N(C)C(=O)C(C)(C)NC(=O)[C@H](CC(C)C)N(C)C(=O)[C@H](CCc2ccc(C(F)(F)F)cc2)NC(=O)CN(C)C(=O)[C@H](Cc2ccc(Cl)cc2)N(C)C(=O)CN(C)C(=O)CN(C)C1=O. The smallest absolute Gasteiger partial charge is 0.351 e. The number of benzene rings is 2. The van der Waals surface area contributed by atoms with Gasteiger partial charge in [-0.1, -0.05) is 83.8 Å². The first-order valence-corrected chi connectivity index (χ1v) is 30.0. The molecule has 4 N–H and O–H groups in total. The Kier molecular flexibility index (Phi) is 27.9. The molecule has 0 spiro atoms. The lowest BCUT2D eigenvalue weighted by atomic mass is 9.95. The Labute approximate surface area is 521 Å². The molecule has 3 rings (SSSR count). The lowest BCUT2D eigenvalue weighted by molar-refractivity contribution is -0.149. The molecule has 0 radical (unpaired) electrons. The monoisotopic (exact) mass is 1260 g/mol. The molecule has 0 bridgehead atoms. The van der Waals surface area contributed by atoms with E-state index in [2.05, 4.69) is 21.3 Å². The number of carbonyl (C=O) groups is 11. The summed E-state index contributed by atoms with van der Waals surface area (Å²) in [6.45, 7) is 14.9. The number of rotatable bonds is 11. The van der Waals surface area contributed by atoms with Gasteiger partial charge in [0, 0.05) is 73.2 Å². The van der Waals surface area contributed by atoms with Crippen molar-refractivity contribution in [3.63, 3.8) is 0 Å². The number of carbonyl (C=O) groups excluding carboxylic acids is 11. The molecule has 1 aliphatic rings. The fourth-order valence-corrected chi connectivity index (χ4v) is 10.1. The van der Waals surface area contributed by atoms with Crippen molar-refractivity contribution in [1.82, 2.24) is 55.6 Å². The van der Waals surface area contributed by atoms with Crippen molar-refractivity contribution >= 4 is 76.6 Å². The zero-order chi connectivity index (χ0) is 67.0. The first-order chi connectivity index (χ1) is 40.7. The van der Waals surface area contributed by atoms with E-state index in [4.69, 9.17) is 11.6 Å². The highest BCUT2D eigenvalue weighted by molar-refractivity contribution is 6.30. The molecule has 1 aliphatic heterocycles. The molecule has 0 unspecified atom stereocenters. The zero-order valence-electron chi connectivity index (χ0n) is 54.1. The van der Waals surface area contributed by atoms with Crippen molar-refractivity contribution < 1.29 is 65.9 Å². The van der Waals surface area contributed by atoms with Crippen LogP contribution in [0.1, 0.15) is 118 Å². The van der Waals surface area contributed by atoms with Gasteiger partial charge in [0.15, 0.2) is 0 Å². The summed E-state index contributed by atoms with van der Waals surface area (Å²) >= 11 is 6.19. The minimum Gasteiger partial charge on any atom is -0.351 e. The molecule has 1 heterocycles. The standard InChI is InChI=1S/C62H93ClF3N11O11/c1-18-38(6)53-59(87)73(13)34-51(80)71(11)35-52(81)75(15)48(32-42-21-26-44(63)27-22-42)58(86)72(12)33-49(78)68-45(28-23-41-19-24-43(25-20-41)62(64,65)66)57(85)76(16)47(30-37(4)5)56(84)70-61(9,10)60(88)77(17)46(29-36(2)3)55(83)67-39(7)31-50(79)74(14)40(8)54(82)69-53/h19-22,24-27,36-40,45-48,53H,18,23,28-35H2,1-17H3,(H,67,83)(H,68,78)(H,69,82)(H,70,84)/t38-,39+,40-,45-,46-,47-,48-,53-/m0/s1. The van der Waals surface area contributed by atoms with Gasteiger partial charge in [0.2, 0.25) is 65.0 Å². The molecule has 22 nitrogen and oxygen atoms in total. The molecule has 88 heavy (non-hydrogen) atoms. The molecule has 8 atom stereocenters. The predicted octanol–water partition coefficient (Wildman–Crippen LogP) is 4.15. The predicted molar refractivity (Wildman–Crippen MR) is 326 cm³/mol. The summed E-state index contributed by atoms with van der Waals surface area (Å²) in [5.41, 5.74) is -1.70. The normalized spacial score (nSPS) is 24.0. The molecule has 0 aliphatic carbocycles. The summed E-state index contributed by atoms with van der Waals surface area (Å²) in [5, 5.41) is 11.4. The van der Waals surface area contributed by atoms with Crippen LogP contribution in [0.3, 0.4) is 0 Å². The van der Waals surface area contributed by atoms with Crippen molar-refractivity contribution in [2.45, 2.75) is 168 Å². The molecular formula is C62H93ClF3N11O11. The summed E-state index contributed by atoms with van der Waals surface area (Å²) in [7, 11) is 9.47. The van der Waals surface area contributed by atoms with Crippen molar-refractivity contribution in [1.29, 1.82) is 0 Å². The van der Waals surface area contributed by atoms with Gasteiger partial charge in [-0.05, 0) is 107 Å². The van der Waals surface area contributed by atoms with Crippen LogP contribution in [0.5, 0.6) is 0 Å². The number of amides is 11. The maximum Gasteiger partial charge on any atom is 0.416 e. The molecule has 0 aromatic heterocycles. The van der Waals surface area contributed by atoms with E-state index in [1.54, 1.807) is 58.9 Å². The van der Waals surface area contributed by atoms with Crippen LogP contribution in [0.2, 0.25) is 5.02 Å². The maximum absolute atomic E-state index is 14.9. The number of aryl methyl sites for hydroxylation is 1.